The number of ether oxygens (including phenoxy) is 2. The number of nitrogens with zero attached hydrogens (tertiary/aromatic N) is 3. The van der Waals surface area contributed by atoms with E-state index in [-0.39, 0.29) is 6.61 Å². The van der Waals surface area contributed by atoms with Gasteiger partial charge in [0.05, 0.1) is 36.3 Å². The Hall–Kier alpha value is -3.71. The third-order valence-electron chi connectivity index (χ3n) is 5.96. The lowest BCUT2D eigenvalue weighted by molar-refractivity contribution is 0.0227. The van der Waals surface area contributed by atoms with E-state index >= 15 is 0 Å². The zero-order chi connectivity index (χ0) is 25.9. The summed E-state index contributed by atoms with van der Waals surface area (Å²) in [5.74, 6) is 1.43. The predicted molar refractivity (Wildman–Crippen MR) is 147 cm³/mol. The van der Waals surface area contributed by atoms with Crippen LogP contribution < -0.4 is 4.74 Å². The number of hydrogen-bond acceptors (Lipinski definition) is 5. The first-order valence-electron chi connectivity index (χ1n) is 12.7. The average Bonchev–Trinajstić information content (AvgIpc) is 3.27. The van der Waals surface area contributed by atoms with Gasteiger partial charge in [-0.25, -0.2) is 4.68 Å². The maximum Gasteiger partial charge on any atom is 0.227 e. The van der Waals surface area contributed by atoms with Crippen molar-refractivity contribution in [3.05, 3.63) is 120 Å². The van der Waals surface area contributed by atoms with Gasteiger partial charge in [-0.2, -0.15) is 5.10 Å². The van der Waals surface area contributed by atoms with Crippen LogP contribution in [0.4, 0.5) is 0 Å². The van der Waals surface area contributed by atoms with Gasteiger partial charge in [-0.05, 0) is 36.2 Å². The lowest BCUT2D eigenvalue weighted by Crippen LogP contribution is -2.34. The molecule has 0 radical (unpaired) electrons. The highest BCUT2D eigenvalue weighted by atomic mass is 16.5. The third kappa shape index (κ3) is 7.40. The van der Waals surface area contributed by atoms with E-state index in [0.29, 0.717) is 32.1 Å². The largest absolute Gasteiger partial charge is 0.439 e. The number of aromatic nitrogens is 2. The van der Waals surface area contributed by atoms with Crippen LogP contribution in [-0.2, 0) is 24.2 Å². The molecule has 1 heterocycles. The Kier molecular flexibility index (Phi) is 9.66. The van der Waals surface area contributed by atoms with Crippen molar-refractivity contribution >= 4 is 0 Å². The third-order valence-corrected chi connectivity index (χ3v) is 5.96. The summed E-state index contributed by atoms with van der Waals surface area (Å²) in [6, 6.07) is 30.1. The summed E-state index contributed by atoms with van der Waals surface area (Å²) < 4.78 is 13.9. The van der Waals surface area contributed by atoms with Crippen LogP contribution in [0.15, 0.2) is 104 Å². The van der Waals surface area contributed by atoms with Crippen molar-refractivity contribution in [1.29, 1.82) is 0 Å². The molecule has 0 amide bonds. The summed E-state index contributed by atoms with van der Waals surface area (Å²) >= 11 is 0. The first kappa shape index (κ1) is 26.4. The molecule has 0 saturated heterocycles. The fourth-order valence-corrected chi connectivity index (χ4v) is 4.26. The molecular formula is C31H35N3O3. The van der Waals surface area contributed by atoms with Gasteiger partial charge in [-0.1, -0.05) is 79.7 Å². The van der Waals surface area contributed by atoms with Gasteiger partial charge in [0.25, 0.3) is 0 Å². The normalized spacial score (nSPS) is 12.0. The molecule has 37 heavy (non-hydrogen) atoms. The Morgan fingerprint density at radius 1 is 0.946 bits per heavy atom. The van der Waals surface area contributed by atoms with Crippen LogP contribution in [0.2, 0.25) is 0 Å². The van der Waals surface area contributed by atoms with E-state index in [1.54, 1.807) is 6.08 Å². The smallest absolute Gasteiger partial charge is 0.227 e. The van der Waals surface area contributed by atoms with Crippen molar-refractivity contribution in [3.8, 4) is 17.3 Å². The van der Waals surface area contributed by atoms with E-state index < -0.39 is 6.10 Å². The lowest BCUT2D eigenvalue weighted by Gasteiger charge is -2.26. The number of aliphatic hydroxyl groups excluding tert-OH is 1. The number of aryl methyl sites for hydroxylation is 1. The highest BCUT2D eigenvalue weighted by molar-refractivity contribution is 5.43. The molecule has 1 aromatic heterocycles. The molecule has 6 heteroatoms. The number of rotatable bonds is 14. The van der Waals surface area contributed by atoms with Crippen LogP contribution >= 0.6 is 0 Å². The van der Waals surface area contributed by atoms with Gasteiger partial charge in [0, 0.05) is 19.6 Å². The molecule has 0 fully saturated rings. The lowest BCUT2D eigenvalue weighted by atomic mass is 10.1. The molecule has 1 N–H and O–H groups in total. The highest BCUT2D eigenvalue weighted by Crippen LogP contribution is 2.32. The zero-order valence-corrected chi connectivity index (χ0v) is 21.4. The van der Waals surface area contributed by atoms with E-state index in [1.165, 1.54) is 5.56 Å². The van der Waals surface area contributed by atoms with Crippen LogP contribution in [0.25, 0.3) is 5.69 Å². The second-order valence-electron chi connectivity index (χ2n) is 8.88. The maximum atomic E-state index is 10.8. The Morgan fingerprint density at radius 2 is 1.59 bits per heavy atom. The molecule has 3 aromatic carbocycles. The molecule has 0 saturated carbocycles. The van der Waals surface area contributed by atoms with E-state index in [2.05, 4.69) is 30.5 Å². The summed E-state index contributed by atoms with van der Waals surface area (Å²) in [4.78, 5) is 2.22. The standard InChI is InChI=1S/C31H35N3O3/c1-3-20-36-24-27(35)22-33(21-25-14-8-5-9-15-25)23-29-30(4-2)32-34(26-16-10-6-11-17-26)31(29)37-28-18-12-7-13-19-28/h3,5-19,27,35H,1,4,20-24H2,2H3/t27-/m0/s1. The van der Waals surface area contributed by atoms with E-state index in [4.69, 9.17) is 14.6 Å². The van der Waals surface area contributed by atoms with Gasteiger partial charge in [-0.3, -0.25) is 4.90 Å². The van der Waals surface area contributed by atoms with Crippen molar-refractivity contribution in [1.82, 2.24) is 14.7 Å². The van der Waals surface area contributed by atoms with Crippen molar-refractivity contribution in [2.45, 2.75) is 32.5 Å². The fourth-order valence-electron chi connectivity index (χ4n) is 4.26. The summed E-state index contributed by atoms with van der Waals surface area (Å²) in [7, 11) is 0. The Balaban J connectivity index is 1.70. The van der Waals surface area contributed by atoms with Crippen molar-refractivity contribution < 1.29 is 14.6 Å². The van der Waals surface area contributed by atoms with E-state index in [1.807, 2.05) is 83.5 Å². The fraction of sp³-hybridized carbons (Fsp3) is 0.258. The Bertz CT molecular complexity index is 1230. The minimum atomic E-state index is -0.642. The van der Waals surface area contributed by atoms with Gasteiger partial charge in [0.2, 0.25) is 5.88 Å². The molecular weight excluding hydrogens is 462 g/mol. The minimum absolute atomic E-state index is 0.245. The molecule has 1 atom stereocenters. The Labute approximate surface area is 219 Å². The molecule has 0 unspecified atom stereocenters. The van der Waals surface area contributed by atoms with Gasteiger partial charge in [-0.15, -0.1) is 6.58 Å². The highest BCUT2D eigenvalue weighted by Gasteiger charge is 2.24. The first-order valence-corrected chi connectivity index (χ1v) is 12.7. The van der Waals surface area contributed by atoms with Crippen LogP contribution in [0.3, 0.4) is 0 Å². The van der Waals surface area contributed by atoms with Crippen molar-refractivity contribution in [2.24, 2.45) is 0 Å². The Morgan fingerprint density at radius 3 is 2.24 bits per heavy atom. The molecule has 6 nitrogen and oxygen atoms in total. The molecule has 4 rings (SSSR count). The number of aliphatic hydroxyl groups is 1. The maximum absolute atomic E-state index is 10.8. The minimum Gasteiger partial charge on any atom is -0.439 e. The van der Waals surface area contributed by atoms with E-state index in [9.17, 15) is 5.11 Å². The zero-order valence-electron chi connectivity index (χ0n) is 21.4. The molecule has 4 aromatic rings. The van der Waals surface area contributed by atoms with Crippen molar-refractivity contribution in [3.63, 3.8) is 0 Å². The predicted octanol–water partition coefficient (Wildman–Crippen LogP) is 5.79. The van der Waals surface area contributed by atoms with Crippen LogP contribution in [0.1, 0.15) is 23.7 Å². The first-order chi connectivity index (χ1) is 18.2. The monoisotopic (exact) mass is 497 g/mol. The van der Waals surface area contributed by atoms with Gasteiger partial charge in [0.1, 0.15) is 5.75 Å². The van der Waals surface area contributed by atoms with Gasteiger partial charge in [0.15, 0.2) is 0 Å². The molecule has 0 aliphatic heterocycles. The summed E-state index contributed by atoms with van der Waals surface area (Å²) in [6.07, 6.45) is 1.80. The second kappa shape index (κ2) is 13.6. The molecule has 0 spiro atoms. The number of hydrogen-bond donors (Lipinski definition) is 1. The van der Waals surface area contributed by atoms with Crippen LogP contribution in [-0.4, -0.2) is 45.6 Å². The van der Waals surface area contributed by atoms with E-state index in [0.717, 1.165) is 29.1 Å². The average molecular weight is 498 g/mol. The molecule has 0 aliphatic rings. The molecule has 0 aliphatic carbocycles. The second-order valence-corrected chi connectivity index (χ2v) is 8.88. The van der Waals surface area contributed by atoms with Crippen LogP contribution in [0.5, 0.6) is 11.6 Å². The topological polar surface area (TPSA) is 59.8 Å². The van der Waals surface area contributed by atoms with Crippen LogP contribution in [0, 0.1) is 0 Å². The number of benzene rings is 3. The number of para-hydroxylation sites is 2. The van der Waals surface area contributed by atoms with Gasteiger partial charge < -0.3 is 14.6 Å². The summed E-state index contributed by atoms with van der Waals surface area (Å²) in [6.45, 7) is 8.11. The van der Waals surface area contributed by atoms with Gasteiger partial charge >= 0.3 is 0 Å². The quantitative estimate of drug-likeness (QED) is 0.176. The summed E-state index contributed by atoms with van der Waals surface area (Å²) in [5, 5.41) is 15.7. The summed E-state index contributed by atoms with van der Waals surface area (Å²) in [5.41, 5.74) is 4.07. The SMILES string of the molecule is C=CCOC[C@@H](O)CN(Cc1ccccc1)Cc1c(CC)nn(-c2ccccc2)c1Oc1ccccc1. The molecule has 0 bridgehead atoms. The van der Waals surface area contributed by atoms with Crippen molar-refractivity contribution in [2.75, 3.05) is 19.8 Å². The molecule has 192 valence electrons.